The zero-order valence-corrected chi connectivity index (χ0v) is 16.0. The molecular weight excluding hydrogens is 383 g/mol. The van der Waals surface area contributed by atoms with Crippen LogP contribution in [0, 0.1) is 6.92 Å². The van der Waals surface area contributed by atoms with E-state index in [-0.39, 0.29) is 24.0 Å². The first kappa shape index (κ1) is 19.6. The summed E-state index contributed by atoms with van der Waals surface area (Å²) in [5, 5.41) is 7.82. The highest BCUT2D eigenvalue weighted by Gasteiger charge is 2.05. The fraction of sp³-hybridized carbons (Fsp3) is 0.714. The van der Waals surface area contributed by atoms with E-state index in [0.717, 1.165) is 17.5 Å². The maximum absolute atomic E-state index is 4.34. The van der Waals surface area contributed by atoms with E-state index in [0.29, 0.717) is 6.04 Å². The molecule has 0 saturated heterocycles. The molecule has 0 aliphatic carbocycles. The topological polar surface area (TPSA) is 49.3 Å². The van der Waals surface area contributed by atoms with Crippen molar-refractivity contribution in [1.29, 1.82) is 0 Å². The smallest absolute Gasteiger partial charge is 0.191 e. The quantitative estimate of drug-likeness (QED) is 0.312. The average molecular weight is 410 g/mol. The van der Waals surface area contributed by atoms with Crippen molar-refractivity contribution in [2.75, 3.05) is 7.05 Å². The molecule has 0 radical (unpaired) electrons. The average Bonchev–Trinajstić information content (AvgIpc) is 2.80. The Morgan fingerprint density at radius 1 is 1.45 bits per heavy atom. The van der Waals surface area contributed by atoms with Crippen molar-refractivity contribution < 1.29 is 0 Å². The molecule has 116 valence electrons. The molecule has 20 heavy (non-hydrogen) atoms. The summed E-state index contributed by atoms with van der Waals surface area (Å²) in [4.78, 5) is 9.83. The third-order valence-corrected chi connectivity index (χ3v) is 3.84. The van der Waals surface area contributed by atoms with E-state index in [1.807, 2.05) is 6.20 Å². The zero-order valence-electron chi connectivity index (χ0n) is 12.9. The Bertz CT molecular complexity index is 392. The molecule has 6 heteroatoms. The molecule has 0 bridgehead atoms. The summed E-state index contributed by atoms with van der Waals surface area (Å²) >= 11 is 1.72. The number of aliphatic imine (C=N–C) groups is 1. The van der Waals surface area contributed by atoms with Gasteiger partial charge in [0.05, 0.1) is 6.54 Å². The molecule has 1 aromatic heterocycles. The molecule has 1 unspecified atom stereocenters. The number of hydrogen-bond donors (Lipinski definition) is 2. The number of guanidine groups is 1. The number of nitrogens with zero attached hydrogens (tertiary/aromatic N) is 2. The standard InChI is InChI=1S/C14H26N4S.HI/c1-5-6-7-8-11(2)18-14(15-4)17-10-13-16-9-12(3)19-13;/h9,11H,5-8,10H2,1-4H3,(H2,15,17,18);1H. The van der Waals surface area contributed by atoms with Crippen molar-refractivity contribution in [3.8, 4) is 0 Å². The number of aromatic nitrogens is 1. The van der Waals surface area contributed by atoms with E-state index >= 15 is 0 Å². The van der Waals surface area contributed by atoms with E-state index in [9.17, 15) is 0 Å². The van der Waals surface area contributed by atoms with Crippen LogP contribution in [0.2, 0.25) is 0 Å². The summed E-state index contributed by atoms with van der Waals surface area (Å²) in [5.41, 5.74) is 0. The molecule has 1 rings (SSSR count). The van der Waals surface area contributed by atoms with Gasteiger partial charge in [0.15, 0.2) is 5.96 Å². The Labute approximate surface area is 143 Å². The van der Waals surface area contributed by atoms with Gasteiger partial charge in [-0.1, -0.05) is 26.2 Å². The Morgan fingerprint density at radius 3 is 2.75 bits per heavy atom. The van der Waals surface area contributed by atoms with E-state index < -0.39 is 0 Å². The number of halogens is 1. The number of rotatable bonds is 7. The van der Waals surface area contributed by atoms with Gasteiger partial charge in [-0.05, 0) is 20.3 Å². The van der Waals surface area contributed by atoms with Crippen molar-refractivity contribution in [2.45, 2.75) is 59.0 Å². The van der Waals surface area contributed by atoms with Crippen molar-refractivity contribution in [3.05, 3.63) is 16.1 Å². The number of nitrogens with one attached hydrogen (secondary N) is 2. The van der Waals surface area contributed by atoms with Crippen LogP contribution in [0.4, 0.5) is 0 Å². The van der Waals surface area contributed by atoms with Gasteiger partial charge in [0.25, 0.3) is 0 Å². The number of unbranched alkanes of at least 4 members (excludes halogenated alkanes) is 2. The predicted octanol–water partition coefficient (Wildman–Crippen LogP) is 3.70. The maximum atomic E-state index is 4.34. The first-order valence-electron chi connectivity index (χ1n) is 7.04. The van der Waals surface area contributed by atoms with E-state index in [4.69, 9.17) is 0 Å². The third kappa shape index (κ3) is 8.04. The van der Waals surface area contributed by atoms with Gasteiger partial charge < -0.3 is 10.6 Å². The normalized spacial score (nSPS) is 12.7. The summed E-state index contributed by atoms with van der Waals surface area (Å²) in [6.07, 6.45) is 6.93. The molecule has 0 amide bonds. The number of thiazole rings is 1. The Kier molecular flexibility index (Phi) is 11.1. The van der Waals surface area contributed by atoms with Crippen LogP contribution >= 0.6 is 35.3 Å². The largest absolute Gasteiger partial charge is 0.354 e. The molecule has 0 aromatic carbocycles. The SMILES string of the molecule is CCCCCC(C)NC(=NC)NCc1ncc(C)s1.I. The van der Waals surface area contributed by atoms with Gasteiger partial charge >= 0.3 is 0 Å². The molecule has 1 heterocycles. The molecule has 1 aromatic rings. The van der Waals surface area contributed by atoms with Gasteiger partial charge in [0.2, 0.25) is 0 Å². The second kappa shape index (κ2) is 11.3. The van der Waals surface area contributed by atoms with Crippen LogP contribution in [0.1, 0.15) is 49.4 Å². The highest BCUT2D eigenvalue weighted by molar-refractivity contribution is 14.0. The second-order valence-electron chi connectivity index (χ2n) is 4.83. The van der Waals surface area contributed by atoms with Gasteiger partial charge in [0.1, 0.15) is 5.01 Å². The lowest BCUT2D eigenvalue weighted by Crippen LogP contribution is -2.41. The molecule has 0 aliphatic rings. The van der Waals surface area contributed by atoms with Crippen LogP contribution in [-0.4, -0.2) is 24.0 Å². The van der Waals surface area contributed by atoms with Crippen molar-refractivity contribution >= 4 is 41.3 Å². The number of aryl methyl sites for hydroxylation is 1. The highest BCUT2D eigenvalue weighted by atomic mass is 127. The summed E-state index contributed by atoms with van der Waals surface area (Å²) in [7, 11) is 1.81. The minimum atomic E-state index is 0. The van der Waals surface area contributed by atoms with Gasteiger partial charge in [-0.25, -0.2) is 4.98 Å². The summed E-state index contributed by atoms with van der Waals surface area (Å²) in [6.45, 7) is 7.24. The van der Waals surface area contributed by atoms with E-state index in [1.165, 1.54) is 30.6 Å². The monoisotopic (exact) mass is 410 g/mol. The van der Waals surface area contributed by atoms with Crippen LogP contribution in [-0.2, 0) is 6.54 Å². The van der Waals surface area contributed by atoms with E-state index in [2.05, 4.69) is 41.4 Å². The Morgan fingerprint density at radius 2 is 2.20 bits per heavy atom. The third-order valence-electron chi connectivity index (χ3n) is 2.92. The Balaban J connectivity index is 0.00000361. The molecule has 1 atom stereocenters. The van der Waals surface area contributed by atoms with Gasteiger partial charge in [0, 0.05) is 24.2 Å². The molecule has 0 fully saturated rings. The summed E-state index contributed by atoms with van der Waals surface area (Å²) in [5.74, 6) is 0.858. The fourth-order valence-corrected chi connectivity index (χ4v) is 2.57. The van der Waals surface area contributed by atoms with Crippen LogP contribution in [0.25, 0.3) is 0 Å². The molecular formula is C14H27IN4S. The molecule has 4 nitrogen and oxygen atoms in total. The summed E-state index contributed by atoms with van der Waals surface area (Å²) < 4.78 is 0. The lowest BCUT2D eigenvalue weighted by atomic mass is 10.1. The van der Waals surface area contributed by atoms with Gasteiger partial charge in [-0.3, -0.25) is 4.99 Å². The van der Waals surface area contributed by atoms with Crippen LogP contribution in [0.5, 0.6) is 0 Å². The lowest BCUT2D eigenvalue weighted by Gasteiger charge is -2.17. The van der Waals surface area contributed by atoms with Crippen molar-refractivity contribution in [3.63, 3.8) is 0 Å². The number of hydrogen-bond acceptors (Lipinski definition) is 3. The predicted molar refractivity (Wildman–Crippen MR) is 99.2 cm³/mol. The second-order valence-corrected chi connectivity index (χ2v) is 6.15. The zero-order chi connectivity index (χ0) is 14.1. The minimum absolute atomic E-state index is 0. The van der Waals surface area contributed by atoms with Gasteiger partial charge in [-0.2, -0.15) is 0 Å². The Hall–Kier alpha value is -0.370. The minimum Gasteiger partial charge on any atom is -0.354 e. The fourth-order valence-electron chi connectivity index (χ4n) is 1.84. The maximum Gasteiger partial charge on any atom is 0.191 e. The van der Waals surface area contributed by atoms with Gasteiger partial charge in [-0.15, -0.1) is 35.3 Å². The lowest BCUT2D eigenvalue weighted by molar-refractivity contribution is 0.546. The van der Waals surface area contributed by atoms with E-state index in [1.54, 1.807) is 18.4 Å². The first-order chi connectivity index (χ1) is 9.15. The van der Waals surface area contributed by atoms with Crippen LogP contribution < -0.4 is 10.6 Å². The van der Waals surface area contributed by atoms with Crippen LogP contribution in [0.3, 0.4) is 0 Å². The van der Waals surface area contributed by atoms with Crippen molar-refractivity contribution in [1.82, 2.24) is 15.6 Å². The highest BCUT2D eigenvalue weighted by Crippen LogP contribution is 2.10. The molecule has 0 saturated carbocycles. The molecule has 2 N–H and O–H groups in total. The molecule has 0 spiro atoms. The van der Waals surface area contributed by atoms with Crippen molar-refractivity contribution in [2.24, 2.45) is 4.99 Å². The van der Waals surface area contributed by atoms with Crippen LogP contribution in [0.15, 0.2) is 11.2 Å². The molecule has 0 aliphatic heterocycles. The first-order valence-corrected chi connectivity index (χ1v) is 7.85. The summed E-state index contributed by atoms with van der Waals surface area (Å²) in [6, 6.07) is 0.454.